The summed E-state index contributed by atoms with van der Waals surface area (Å²) in [7, 11) is 0. The van der Waals surface area contributed by atoms with E-state index in [1.54, 1.807) is 24.3 Å². The number of carbonyl (C=O) groups excluding carboxylic acids is 3. The van der Waals surface area contributed by atoms with Crippen LogP contribution in [0.15, 0.2) is 48.5 Å². The van der Waals surface area contributed by atoms with Gasteiger partial charge in [-0.15, -0.1) is 0 Å². The molecule has 0 spiro atoms. The summed E-state index contributed by atoms with van der Waals surface area (Å²) in [5.41, 5.74) is 2.27. The van der Waals surface area contributed by atoms with E-state index in [0.29, 0.717) is 5.69 Å². The summed E-state index contributed by atoms with van der Waals surface area (Å²) in [5, 5.41) is 0. The molecule has 2 aromatic rings. The number of imide groups is 1. The molecule has 1 atom stereocenters. The minimum atomic E-state index is -0.827. The van der Waals surface area contributed by atoms with Gasteiger partial charge >= 0.3 is 0 Å². The van der Waals surface area contributed by atoms with Crippen LogP contribution in [-0.2, 0) is 20.9 Å². The van der Waals surface area contributed by atoms with Crippen LogP contribution in [0.2, 0.25) is 0 Å². The van der Waals surface area contributed by atoms with E-state index in [1.807, 2.05) is 19.1 Å². The van der Waals surface area contributed by atoms with Crippen LogP contribution in [0.5, 0.6) is 0 Å². The molecule has 144 valence electrons. The van der Waals surface area contributed by atoms with Crippen LogP contribution in [0, 0.1) is 18.7 Å². The number of halogens is 1. The Hall–Kier alpha value is -3.02. The molecule has 0 N–H and O–H groups in total. The number of aryl methyl sites for hydroxylation is 1. The SMILES string of the molecule is Cc1ccc(N2C(=O)CC(N(Cc3ccc(F)cc3)C(=O)C3CC3)C2=O)cc1. The van der Waals surface area contributed by atoms with Crippen LogP contribution < -0.4 is 4.90 Å². The fourth-order valence-corrected chi connectivity index (χ4v) is 3.52. The van der Waals surface area contributed by atoms with Crippen molar-refractivity contribution in [3.8, 4) is 0 Å². The van der Waals surface area contributed by atoms with Gasteiger partial charge in [0.25, 0.3) is 5.91 Å². The van der Waals surface area contributed by atoms with Gasteiger partial charge in [-0.3, -0.25) is 14.4 Å². The maximum absolute atomic E-state index is 13.2. The Morgan fingerprint density at radius 1 is 1.07 bits per heavy atom. The molecule has 4 rings (SSSR count). The summed E-state index contributed by atoms with van der Waals surface area (Å²) < 4.78 is 13.2. The molecular weight excluding hydrogens is 359 g/mol. The summed E-state index contributed by atoms with van der Waals surface area (Å²) in [5.74, 6) is -1.25. The van der Waals surface area contributed by atoms with E-state index >= 15 is 0 Å². The quantitative estimate of drug-likeness (QED) is 0.749. The standard InChI is InChI=1S/C22H21FN2O3/c1-14-2-10-18(11-3-14)25-20(26)12-19(22(25)28)24(21(27)16-6-7-16)13-15-4-8-17(23)9-5-15/h2-5,8-11,16,19H,6-7,12-13H2,1H3. The van der Waals surface area contributed by atoms with Crippen molar-refractivity contribution in [3.05, 3.63) is 65.5 Å². The number of amides is 3. The summed E-state index contributed by atoms with van der Waals surface area (Å²) in [4.78, 5) is 41.2. The molecule has 5 nitrogen and oxygen atoms in total. The first kappa shape index (κ1) is 18.3. The molecule has 6 heteroatoms. The second kappa shape index (κ2) is 7.19. The number of anilines is 1. The van der Waals surface area contributed by atoms with E-state index in [4.69, 9.17) is 0 Å². The molecule has 28 heavy (non-hydrogen) atoms. The second-order valence-corrected chi connectivity index (χ2v) is 7.49. The van der Waals surface area contributed by atoms with E-state index in [1.165, 1.54) is 21.9 Å². The summed E-state index contributed by atoms with van der Waals surface area (Å²) >= 11 is 0. The topological polar surface area (TPSA) is 57.7 Å². The zero-order chi connectivity index (χ0) is 19.8. The molecule has 1 saturated carbocycles. The van der Waals surface area contributed by atoms with Crippen molar-refractivity contribution >= 4 is 23.4 Å². The lowest BCUT2D eigenvalue weighted by Gasteiger charge is -2.28. The minimum Gasteiger partial charge on any atom is -0.326 e. The minimum absolute atomic E-state index is 0.0354. The second-order valence-electron chi connectivity index (χ2n) is 7.49. The maximum Gasteiger partial charge on any atom is 0.257 e. The molecule has 0 aromatic heterocycles. The Morgan fingerprint density at radius 3 is 2.32 bits per heavy atom. The first-order valence-corrected chi connectivity index (χ1v) is 9.42. The van der Waals surface area contributed by atoms with Crippen molar-refractivity contribution in [2.75, 3.05) is 4.90 Å². The van der Waals surface area contributed by atoms with E-state index < -0.39 is 6.04 Å². The highest BCUT2D eigenvalue weighted by Crippen LogP contribution is 2.34. The van der Waals surface area contributed by atoms with Crippen molar-refractivity contribution in [3.63, 3.8) is 0 Å². The zero-order valence-corrected chi connectivity index (χ0v) is 15.6. The Kier molecular flexibility index (Phi) is 4.71. The molecule has 3 amide bonds. The third-order valence-electron chi connectivity index (χ3n) is 5.27. The van der Waals surface area contributed by atoms with Gasteiger partial charge in [0.05, 0.1) is 12.1 Å². The summed E-state index contributed by atoms with van der Waals surface area (Å²) in [6.07, 6.45) is 1.57. The number of rotatable bonds is 5. The van der Waals surface area contributed by atoms with Crippen LogP contribution in [0.3, 0.4) is 0 Å². The highest BCUT2D eigenvalue weighted by atomic mass is 19.1. The monoisotopic (exact) mass is 380 g/mol. The van der Waals surface area contributed by atoms with Gasteiger partial charge in [0.15, 0.2) is 0 Å². The maximum atomic E-state index is 13.2. The molecule has 0 radical (unpaired) electrons. The van der Waals surface area contributed by atoms with Gasteiger partial charge in [-0.05, 0) is 49.6 Å². The first-order chi connectivity index (χ1) is 13.4. The summed E-state index contributed by atoms with van der Waals surface area (Å²) in [6.45, 7) is 2.11. The largest absolute Gasteiger partial charge is 0.326 e. The zero-order valence-electron chi connectivity index (χ0n) is 15.6. The molecule has 1 heterocycles. The van der Waals surface area contributed by atoms with Gasteiger partial charge in [0.1, 0.15) is 11.9 Å². The molecule has 1 aliphatic heterocycles. The van der Waals surface area contributed by atoms with E-state index in [0.717, 1.165) is 24.0 Å². The lowest BCUT2D eigenvalue weighted by atomic mass is 10.1. The van der Waals surface area contributed by atoms with Gasteiger partial charge in [0, 0.05) is 12.5 Å². The fraction of sp³-hybridized carbons (Fsp3) is 0.318. The molecule has 1 saturated heterocycles. The van der Waals surface area contributed by atoms with Gasteiger partial charge in [-0.1, -0.05) is 29.8 Å². The van der Waals surface area contributed by atoms with Crippen molar-refractivity contribution in [2.24, 2.45) is 5.92 Å². The highest BCUT2D eigenvalue weighted by Gasteiger charge is 2.46. The van der Waals surface area contributed by atoms with Crippen LogP contribution >= 0.6 is 0 Å². The van der Waals surface area contributed by atoms with Crippen LogP contribution in [0.1, 0.15) is 30.4 Å². The number of nitrogens with zero attached hydrogens (tertiary/aromatic N) is 2. The Balaban J connectivity index is 1.61. The van der Waals surface area contributed by atoms with E-state index in [-0.39, 0.29) is 42.4 Å². The number of benzene rings is 2. The van der Waals surface area contributed by atoms with Crippen LogP contribution in [0.4, 0.5) is 10.1 Å². The van der Waals surface area contributed by atoms with Crippen LogP contribution in [0.25, 0.3) is 0 Å². The molecule has 2 aromatic carbocycles. The Labute approximate surface area is 162 Å². The molecule has 1 unspecified atom stereocenters. The first-order valence-electron chi connectivity index (χ1n) is 9.42. The predicted octanol–water partition coefficient (Wildman–Crippen LogP) is 3.20. The lowest BCUT2D eigenvalue weighted by molar-refractivity contribution is -0.140. The fourth-order valence-electron chi connectivity index (χ4n) is 3.52. The molecule has 2 aliphatic rings. The third kappa shape index (κ3) is 3.54. The lowest BCUT2D eigenvalue weighted by Crippen LogP contribution is -2.45. The van der Waals surface area contributed by atoms with Gasteiger partial charge in [0.2, 0.25) is 11.8 Å². The summed E-state index contributed by atoms with van der Waals surface area (Å²) in [6, 6.07) is 12.2. The van der Waals surface area contributed by atoms with Crippen molar-refractivity contribution in [1.82, 2.24) is 4.90 Å². The Morgan fingerprint density at radius 2 is 1.71 bits per heavy atom. The van der Waals surface area contributed by atoms with E-state index in [2.05, 4.69) is 0 Å². The van der Waals surface area contributed by atoms with Crippen molar-refractivity contribution < 1.29 is 18.8 Å². The average Bonchev–Trinajstić information content (AvgIpc) is 3.48. The van der Waals surface area contributed by atoms with Gasteiger partial charge in [-0.2, -0.15) is 0 Å². The normalized spacial score (nSPS) is 19.2. The van der Waals surface area contributed by atoms with Crippen LogP contribution in [-0.4, -0.2) is 28.7 Å². The van der Waals surface area contributed by atoms with Gasteiger partial charge in [-0.25, -0.2) is 9.29 Å². The third-order valence-corrected chi connectivity index (χ3v) is 5.27. The average molecular weight is 380 g/mol. The predicted molar refractivity (Wildman–Crippen MR) is 102 cm³/mol. The molecule has 2 fully saturated rings. The van der Waals surface area contributed by atoms with E-state index in [9.17, 15) is 18.8 Å². The van der Waals surface area contributed by atoms with Gasteiger partial charge < -0.3 is 4.90 Å². The molecular formula is C22H21FN2O3. The van der Waals surface area contributed by atoms with Crippen molar-refractivity contribution in [2.45, 2.75) is 38.8 Å². The highest BCUT2D eigenvalue weighted by molar-refractivity contribution is 6.23. The molecule has 1 aliphatic carbocycles. The Bertz CT molecular complexity index is 920. The van der Waals surface area contributed by atoms with Crippen molar-refractivity contribution in [1.29, 1.82) is 0 Å². The number of hydrogen-bond acceptors (Lipinski definition) is 3. The number of hydrogen-bond donors (Lipinski definition) is 0. The molecule has 0 bridgehead atoms. The number of carbonyl (C=O) groups is 3. The smallest absolute Gasteiger partial charge is 0.257 e.